The van der Waals surface area contributed by atoms with Gasteiger partial charge in [0.25, 0.3) is 0 Å². The summed E-state index contributed by atoms with van der Waals surface area (Å²) in [7, 11) is 1.63. The molecular weight excluding hydrogens is 234 g/mol. The third-order valence-corrected chi connectivity index (χ3v) is 3.07. The summed E-state index contributed by atoms with van der Waals surface area (Å²) < 4.78 is 10.7. The zero-order valence-corrected chi connectivity index (χ0v) is 11.2. The van der Waals surface area contributed by atoms with Gasteiger partial charge in [-0.25, -0.2) is 0 Å². The normalized spacial score (nSPS) is 11.9. The summed E-state index contributed by atoms with van der Waals surface area (Å²) in [6, 6.07) is 7.89. The molecule has 0 radical (unpaired) electrons. The monoisotopic (exact) mass is 251 g/mol. The third-order valence-electron chi connectivity index (χ3n) is 2.13. The Labute approximate surface area is 107 Å². The van der Waals surface area contributed by atoms with Crippen molar-refractivity contribution in [2.75, 3.05) is 19.5 Å². The Kier molecular flexibility index (Phi) is 5.88. The van der Waals surface area contributed by atoms with Gasteiger partial charge in [0.1, 0.15) is 23.5 Å². The lowest BCUT2D eigenvalue weighted by molar-refractivity contribution is 0.0917. The molecule has 92 valence electrons. The summed E-state index contributed by atoms with van der Waals surface area (Å²) in [5.41, 5.74) is 0.613. The Balaban J connectivity index is 2.91. The highest BCUT2D eigenvalue weighted by Gasteiger charge is 2.11. The number of benzene rings is 1. The lowest BCUT2D eigenvalue weighted by Crippen LogP contribution is -2.18. The molecule has 1 rings (SSSR count). The highest BCUT2D eigenvalue weighted by molar-refractivity contribution is 7.99. The van der Waals surface area contributed by atoms with E-state index >= 15 is 0 Å². The van der Waals surface area contributed by atoms with Gasteiger partial charge in [-0.05, 0) is 24.8 Å². The fourth-order valence-electron chi connectivity index (χ4n) is 1.48. The molecule has 0 fully saturated rings. The summed E-state index contributed by atoms with van der Waals surface area (Å²) in [5.74, 6) is 1.57. The second-order valence-electron chi connectivity index (χ2n) is 3.56. The summed E-state index contributed by atoms with van der Waals surface area (Å²) in [6.45, 7) is 4.49. The number of nitriles is 1. The molecule has 0 saturated carbocycles. The number of ether oxygens (including phenoxy) is 2. The van der Waals surface area contributed by atoms with E-state index in [1.165, 1.54) is 0 Å². The summed E-state index contributed by atoms with van der Waals surface area (Å²) in [5, 5.41) is 9.19. The fraction of sp³-hybridized carbons (Fsp3) is 0.462. The van der Waals surface area contributed by atoms with Crippen LogP contribution in [0.4, 0.5) is 0 Å². The van der Waals surface area contributed by atoms with Crippen LogP contribution in [-0.2, 0) is 4.74 Å². The Hall–Kier alpha value is -1.18. The van der Waals surface area contributed by atoms with E-state index < -0.39 is 0 Å². The van der Waals surface area contributed by atoms with Crippen molar-refractivity contribution in [1.29, 1.82) is 5.26 Å². The van der Waals surface area contributed by atoms with E-state index in [1.807, 2.05) is 25.1 Å². The fourth-order valence-corrected chi connectivity index (χ4v) is 2.26. The van der Waals surface area contributed by atoms with Crippen LogP contribution in [-0.4, -0.2) is 25.6 Å². The molecule has 0 heterocycles. The molecule has 17 heavy (non-hydrogen) atoms. The highest BCUT2D eigenvalue weighted by Crippen LogP contribution is 2.29. The Bertz CT molecular complexity index is 401. The van der Waals surface area contributed by atoms with Crippen LogP contribution in [0.15, 0.2) is 23.1 Å². The van der Waals surface area contributed by atoms with Crippen molar-refractivity contribution in [3.05, 3.63) is 23.8 Å². The quantitative estimate of drug-likeness (QED) is 0.729. The molecule has 0 bridgehead atoms. The van der Waals surface area contributed by atoms with Crippen LogP contribution in [0.25, 0.3) is 0 Å². The van der Waals surface area contributed by atoms with Crippen LogP contribution < -0.4 is 4.74 Å². The number of nitrogens with zero attached hydrogens (tertiary/aromatic N) is 1. The van der Waals surface area contributed by atoms with Gasteiger partial charge in [-0.3, -0.25) is 0 Å². The molecule has 3 nitrogen and oxygen atoms in total. The number of methoxy groups -OCH3 is 1. The van der Waals surface area contributed by atoms with Crippen molar-refractivity contribution < 1.29 is 9.47 Å². The second kappa shape index (κ2) is 7.21. The highest BCUT2D eigenvalue weighted by atomic mass is 32.2. The molecule has 0 aliphatic heterocycles. The first kappa shape index (κ1) is 13.9. The molecule has 0 aliphatic rings. The van der Waals surface area contributed by atoms with Crippen molar-refractivity contribution in [2.24, 2.45) is 0 Å². The third kappa shape index (κ3) is 3.95. The van der Waals surface area contributed by atoms with E-state index in [1.54, 1.807) is 18.9 Å². The molecule has 0 N–H and O–H groups in total. The van der Waals surface area contributed by atoms with Crippen molar-refractivity contribution >= 4 is 11.8 Å². The molecule has 0 spiro atoms. The number of hydrogen-bond acceptors (Lipinski definition) is 4. The standard InChI is InChI=1S/C13H17NO2S/c1-4-17-13-7-5-6-12(11(13)8-14)16-10(2)9-15-3/h5-7,10H,4,9H2,1-3H3. The van der Waals surface area contributed by atoms with Gasteiger partial charge >= 0.3 is 0 Å². The second-order valence-corrected chi connectivity index (χ2v) is 4.86. The van der Waals surface area contributed by atoms with Crippen LogP contribution in [0.3, 0.4) is 0 Å². The topological polar surface area (TPSA) is 42.2 Å². The lowest BCUT2D eigenvalue weighted by atomic mass is 10.2. The molecule has 0 aromatic heterocycles. The Morgan fingerprint density at radius 3 is 2.82 bits per heavy atom. The minimum atomic E-state index is -0.0611. The van der Waals surface area contributed by atoms with E-state index in [0.717, 1.165) is 10.6 Å². The minimum Gasteiger partial charge on any atom is -0.487 e. The molecule has 1 aromatic carbocycles. The maximum absolute atomic E-state index is 9.19. The molecule has 1 atom stereocenters. The van der Waals surface area contributed by atoms with E-state index in [-0.39, 0.29) is 6.10 Å². The van der Waals surface area contributed by atoms with Crippen LogP contribution in [0.1, 0.15) is 19.4 Å². The van der Waals surface area contributed by atoms with Crippen molar-refractivity contribution in [3.63, 3.8) is 0 Å². The molecule has 0 saturated heterocycles. The molecule has 0 amide bonds. The SMILES string of the molecule is CCSc1cccc(OC(C)COC)c1C#N. The molecule has 1 unspecified atom stereocenters. The summed E-state index contributed by atoms with van der Waals surface area (Å²) >= 11 is 1.65. The number of rotatable bonds is 6. The number of thioether (sulfide) groups is 1. The smallest absolute Gasteiger partial charge is 0.138 e. The van der Waals surface area contributed by atoms with Gasteiger partial charge in [0, 0.05) is 12.0 Å². The van der Waals surface area contributed by atoms with Gasteiger partial charge in [0.15, 0.2) is 0 Å². The maximum Gasteiger partial charge on any atom is 0.138 e. The van der Waals surface area contributed by atoms with E-state index in [9.17, 15) is 5.26 Å². The first-order valence-electron chi connectivity index (χ1n) is 5.54. The molecule has 0 aliphatic carbocycles. The summed E-state index contributed by atoms with van der Waals surface area (Å²) in [4.78, 5) is 0.970. The molecular formula is C13H17NO2S. The lowest BCUT2D eigenvalue weighted by Gasteiger charge is -2.15. The van der Waals surface area contributed by atoms with Crippen LogP contribution in [0, 0.1) is 11.3 Å². The van der Waals surface area contributed by atoms with Crippen molar-refractivity contribution in [2.45, 2.75) is 24.8 Å². The van der Waals surface area contributed by atoms with Gasteiger partial charge in [-0.2, -0.15) is 5.26 Å². The van der Waals surface area contributed by atoms with Gasteiger partial charge in [-0.15, -0.1) is 11.8 Å². The van der Waals surface area contributed by atoms with Crippen LogP contribution in [0.2, 0.25) is 0 Å². The first-order chi connectivity index (χ1) is 8.22. The first-order valence-corrected chi connectivity index (χ1v) is 6.53. The van der Waals surface area contributed by atoms with Gasteiger partial charge in [0.2, 0.25) is 0 Å². The van der Waals surface area contributed by atoms with Crippen molar-refractivity contribution in [1.82, 2.24) is 0 Å². The van der Waals surface area contributed by atoms with Crippen molar-refractivity contribution in [3.8, 4) is 11.8 Å². The predicted octanol–water partition coefficient (Wildman–Crippen LogP) is 3.08. The molecule has 4 heteroatoms. The van der Waals surface area contributed by atoms with E-state index in [2.05, 4.69) is 13.0 Å². The van der Waals surface area contributed by atoms with E-state index in [4.69, 9.17) is 9.47 Å². The van der Waals surface area contributed by atoms with E-state index in [0.29, 0.717) is 17.9 Å². The van der Waals surface area contributed by atoms with Crippen LogP contribution >= 0.6 is 11.8 Å². The Morgan fingerprint density at radius 1 is 1.47 bits per heavy atom. The summed E-state index contributed by atoms with van der Waals surface area (Å²) in [6.07, 6.45) is -0.0611. The predicted molar refractivity (Wildman–Crippen MR) is 69.5 cm³/mol. The number of hydrogen-bond donors (Lipinski definition) is 0. The van der Waals surface area contributed by atoms with Gasteiger partial charge < -0.3 is 9.47 Å². The van der Waals surface area contributed by atoms with Gasteiger partial charge in [-0.1, -0.05) is 13.0 Å². The van der Waals surface area contributed by atoms with Gasteiger partial charge in [0.05, 0.1) is 6.61 Å². The average Bonchev–Trinajstić information content (AvgIpc) is 2.30. The molecule has 1 aromatic rings. The average molecular weight is 251 g/mol. The maximum atomic E-state index is 9.19. The zero-order valence-electron chi connectivity index (χ0n) is 10.4. The van der Waals surface area contributed by atoms with Crippen LogP contribution in [0.5, 0.6) is 5.75 Å². The minimum absolute atomic E-state index is 0.0611. The largest absolute Gasteiger partial charge is 0.487 e. The zero-order chi connectivity index (χ0) is 12.7. The Morgan fingerprint density at radius 2 is 2.24 bits per heavy atom.